The average molecular weight is 262 g/mol. The van der Waals surface area contributed by atoms with Crippen molar-refractivity contribution in [2.75, 3.05) is 0 Å². The largest absolute Gasteiger partial charge is 0.481 e. The molecule has 1 saturated carbocycles. The Kier molecular flexibility index (Phi) is 4.49. The van der Waals surface area contributed by atoms with Gasteiger partial charge >= 0.3 is 5.97 Å². The molecule has 1 amide bonds. The monoisotopic (exact) mass is 262 g/mol. The lowest BCUT2D eigenvalue weighted by atomic mass is 10.2. The quantitative estimate of drug-likeness (QED) is 0.813. The van der Waals surface area contributed by atoms with E-state index in [0.717, 1.165) is 18.4 Å². The maximum absolute atomic E-state index is 12.1. The van der Waals surface area contributed by atoms with Crippen LogP contribution in [-0.2, 0) is 16.1 Å². The molecule has 0 aliphatic heterocycles. The number of pyridine rings is 1. The molecule has 1 heterocycles. The van der Waals surface area contributed by atoms with Crippen molar-refractivity contribution in [1.82, 2.24) is 9.88 Å². The maximum Gasteiger partial charge on any atom is 0.303 e. The van der Waals surface area contributed by atoms with E-state index >= 15 is 0 Å². The van der Waals surface area contributed by atoms with E-state index in [0.29, 0.717) is 25.4 Å². The Balaban J connectivity index is 1.89. The highest BCUT2D eigenvalue weighted by Gasteiger charge is 2.32. The van der Waals surface area contributed by atoms with Gasteiger partial charge in [-0.15, -0.1) is 0 Å². The van der Waals surface area contributed by atoms with Crippen LogP contribution in [0.25, 0.3) is 0 Å². The SMILES string of the molecule is O=C(O)CCCC(=O)N(Cc1cccnc1)C1CC1. The smallest absolute Gasteiger partial charge is 0.303 e. The van der Waals surface area contributed by atoms with Crippen LogP contribution in [0.2, 0.25) is 0 Å². The van der Waals surface area contributed by atoms with Gasteiger partial charge in [0.25, 0.3) is 0 Å². The van der Waals surface area contributed by atoms with E-state index in [2.05, 4.69) is 4.98 Å². The predicted molar refractivity (Wildman–Crippen MR) is 69.3 cm³/mol. The third kappa shape index (κ3) is 4.35. The number of rotatable bonds is 7. The molecule has 0 atom stereocenters. The second kappa shape index (κ2) is 6.31. The molecule has 0 saturated heterocycles. The van der Waals surface area contributed by atoms with Gasteiger partial charge in [-0.05, 0) is 30.9 Å². The van der Waals surface area contributed by atoms with Crippen molar-refractivity contribution in [2.45, 2.75) is 44.7 Å². The topological polar surface area (TPSA) is 70.5 Å². The number of aromatic nitrogens is 1. The molecule has 0 unspecified atom stereocenters. The number of carbonyl (C=O) groups excluding carboxylic acids is 1. The van der Waals surface area contributed by atoms with Gasteiger partial charge in [0.15, 0.2) is 0 Å². The molecule has 5 heteroatoms. The third-order valence-electron chi connectivity index (χ3n) is 3.16. The van der Waals surface area contributed by atoms with Gasteiger partial charge in [0.2, 0.25) is 5.91 Å². The molecule has 102 valence electrons. The summed E-state index contributed by atoms with van der Waals surface area (Å²) in [4.78, 5) is 28.5. The summed E-state index contributed by atoms with van der Waals surface area (Å²) in [5, 5.41) is 8.59. The van der Waals surface area contributed by atoms with E-state index in [1.165, 1.54) is 0 Å². The zero-order valence-corrected chi connectivity index (χ0v) is 10.8. The highest BCUT2D eigenvalue weighted by molar-refractivity contribution is 5.77. The molecular weight excluding hydrogens is 244 g/mol. The number of aliphatic carboxylic acids is 1. The van der Waals surface area contributed by atoms with Crippen LogP contribution in [0.1, 0.15) is 37.7 Å². The van der Waals surface area contributed by atoms with E-state index in [9.17, 15) is 9.59 Å². The Bertz CT molecular complexity index is 443. The molecule has 0 radical (unpaired) electrons. The molecule has 0 spiro atoms. The van der Waals surface area contributed by atoms with E-state index in [-0.39, 0.29) is 12.3 Å². The molecule has 1 aromatic rings. The highest BCUT2D eigenvalue weighted by atomic mass is 16.4. The molecule has 1 N–H and O–H groups in total. The van der Waals surface area contributed by atoms with Crippen LogP contribution in [0.15, 0.2) is 24.5 Å². The van der Waals surface area contributed by atoms with Gasteiger partial charge in [-0.3, -0.25) is 14.6 Å². The van der Waals surface area contributed by atoms with Crippen LogP contribution in [0, 0.1) is 0 Å². The summed E-state index contributed by atoms with van der Waals surface area (Å²) in [5.74, 6) is -0.800. The van der Waals surface area contributed by atoms with Crippen LogP contribution in [0.5, 0.6) is 0 Å². The number of carbonyl (C=O) groups is 2. The van der Waals surface area contributed by atoms with E-state index < -0.39 is 5.97 Å². The molecule has 0 aromatic carbocycles. The Morgan fingerprint density at radius 2 is 2.16 bits per heavy atom. The van der Waals surface area contributed by atoms with Crippen LogP contribution in [0.3, 0.4) is 0 Å². The number of carboxylic acid groups (broad SMARTS) is 1. The maximum atomic E-state index is 12.1. The van der Waals surface area contributed by atoms with Gasteiger partial charge in [0, 0.05) is 37.8 Å². The summed E-state index contributed by atoms with van der Waals surface area (Å²) >= 11 is 0. The predicted octanol–water partition coefficient (Wildman–Crippen LogP) is 1.83. The molecular formula is C14H18N2O3. The van der Waals surface area contributed by atoms with Crippen molar-refractivity contribution in [3.8, 4) is 0 Å². The van der Waals surface area contributed by atoms with Crippen LogP contribution < -0.4 is 0 Å². The highest BCUT2D eigenvalue weighted by Crippen LogP contribution is 2.29. The third-order valence-corrected chi connectivity index (χ3v) is 3.16. The van der Waals surface area contributed by atoms with Crippen LogP contribution >= 0.6 is 0 Å². The Hall–Kier alpha value is -1.91. The van der Waals surface area contributed by atoms with Gasteiger partial charge in [-0.1, -0.05) is 6.07 Å². The molecule has 2 rings (SSSR count). The number of hydrogen-bond acceptors (Lipinski definition) is 3. The molecule has 1 aliphatic carbocycles. The molecule has 5 nitrogen and oxygen atoms in total. The van der Waals surface area contributed by atoms with Crippen LogP contribution in [0.4, 0.5) is 0 Å². The van der Waals surface area contributed by atoms with Gasteiger partial charge in [-0.25, -0.2) is 0 Å². The summed E-state index contributed by atoms with van der Waals surface area (Å²) in [6.45, 7) is 0.574. The second-order valence-electron chi connectivity index (χ2n) is 4.86. The van der Waals surface area contributed by atoms with Crippen LogP contribution in [-0.4, -0.2) is 32.9 Å². The lowest BCUT2D eigenvalue weighted by molar-refractivity contribution is -0.137. The lowest BCUT2D eigenvalue weighted by Crippen LogP contribution is -2.32. The Morgan fingerprint density at radius 1 is 1.37 bits per heavy atom. The summed E-state index contributed by atoms with van der Waals surface area (Å²) in [7, 11) is 0. The first kappa shape index (κ1) is 13.5. The molecule has 1 aromatic heterocycles. The van der Waals surface area contributed by atoms with Crippen molar-refractivity contribution < 1.29 is 14.7 Å². The normalized spacial score (nSPS) is 14.1. The molecule has 1 aliphatic rings. The van der Waals surface area contributed by atoms with Crippen molar-refractivity contribution in [2.24, 2.45) is 0 Å². The number of hydrogen-bond donors (Lipinski definition) is 1. The number of carboxylic acids is 1. The standard InChI is InChI=1S/C14H18N2O3/c17-13(4-1-5-14(18)19)16(12-6-7-12)10-11-3-2-8-15-9-11/h2-3,8-9,12H,1,4-7,10H2,(H,18,19). The lowest BCUT2D eigenvalue weighted by Gasteiger charge is -2.22. The zero-order chi connectivity index (χ0) is 13.7. The van der Waals surface area contributed by atoms with Crippen molar-refractivity contribution >= 4 is 11.9 Å². The minimum atomic E-state index is -0.849. The second-order valence-corrected chi connectivity index (χ2v) is 4.86. The van der Waals surface area contributed by atoms with E-state index in [1.807, 2.05) is 17.0 Å². The minimum absolute atomic E-state index is 0.0487. The van der Waals surface area contributed by atoms with Gasteiger partial charge in [-0.2, -0.15) is 0 Å². The van der Waals surface area contributed by atoms with Gasteiger partial charge in [0.1, 0.15) is 0 Å². The number of amides is 1. The minimum Gasteiger partial charge on any atom is -0.481 e. The average Bonchev–Trinajstić information content (AvgIpc) is 3.21. The summed E-state index contributed by atoms with van der Waals surface area (Å²) in [5.41, 5.74) is 1.01. The first-order valence-corrected chi connectivity index (χ1v) is 6.57. The van der Waals surface area contributed by atoms with E-state index in [4.69, 9.17) is 5.11 Å². The molecule has 19 heavy (non-hydrogen) atoms. The van der Waals surface area contributed by atoms with Gasteiger partial charge in [0.05, 0.1) is 0 Å². The zero-order valence-electron chi connectivity index (χ0n) is 10.8. The fraction of sp³-hybridized carbons (Fsp3) is 0.500. The first-order valence-electron chi connectivity index (χ1n) is 6.57. The number of nitrogens with zero attached hydrogens (tertiary/aromatic N) is 2. The fourth-order valence-corrected chi connectivity index (χ4v) is 2.03. The van der Waals surface area contributed by atoms with Crippen molar-refractivity contribution in [3.63, 3.8) is 0 Å². The van der Waals surface area contributed by atoms with Crippen molar-refractivity contribution in [1.29, 1.82) is 0 Å². The van der Waals surface area contributed by atoms with Crippen molar-refractivity contribution in [3.05, 3.63) is 30.1 Å². The summed E-state index contributed by atoms with van der Waals surface area (Å²) in [6, 6.07) is 4.14. The summed E-state index contributed by atoms with van der Waals surface area (Å²) < 4.78 is 0. The Labute approximate surface area is 112 Å². The first-order chi connectivity index (χ1) is 9.16. The molecule has 0 bridgehead atoms. The Morgan fingerprint density at radius 3 is 2.74 bits per heavy atom. The molecule has 1 fully saturated rings. The van der Waals surface area contributed by atoms with Gasteiger partial charge < -0.3 is 10.0 Å². The summed E-state index contributed by atoms with van der Waals surface area (Å²) in [6.07, 6.45) is 6.33. The van der Waals surface area contributed by atoms with E-state index in [1.54, 1.807) is 12.4 Å². The fourth-order valence-electron chi connectivity index (χ4n) is 2.03.